The number of hydrogen-bond donors (Lipinski definition) is 2. The maximum Gasteiger partial charge on any atom is 0.354 e. The van der Waals surface area contributed by atoms with Crippen molar-refractivity contribution < 1.29 is 9.53 Å². The van der Waals surface area contributed by atoms with E-state index in [2.05, 4.69) is 26.3 Å². The molecular weight excluding hydrogens is 316 g/mol. The molecule has 1 saturated heterocycles. The molecule has 0 aromatic carbocycles. The van der Waals surface area contributed by atoms with Gasteiger partial charge in [0.2, 0.25) is 0 Å². The van der Waals surface area contributed by atoms with E-state index in [0.29, 0.717) is 5.69 Å². The number of ether oxygens (including phenoxy) is 1. The van der Waals surface area contributed by atoms with Crippen molar-refractivity contribution in [2.45, 2.75) is 12.6 Å². The van der Waals surface area contributed by atoms with E-state index in [4.69, 9.17) is 4.74 Å². The van der Waals surface area contributed by atoms with E-state index >= 15 is 0 Å². The molecule has 0 bridgehead atoms. The van der Waals surface area contributed by atoms with Gasteiger partial charge >= 0.3 is 5.97 Å². The summed E-state index contributed by atoms with van der Waals surface area (Å²) in [6.07, 6.45) is 3.71. The van der Waals surface area contributed by atoms with Gasteiger partial charge in [-0.05, 0) is 23.8 Å². The summed E-state index contributed by atoms with van der Waals surface area (Å²) >= 11 is 0. The fourth-order valence-electron chi connectivity index (χ4n) is 2.82. The van der Waals surface area contributed by atoms with Crippen molar-refractivity contribution >= 4 is 18.4 Å². The molecule has 3 heterocycles. The minimum atomic E-state index is -0.338. The summed E-state index contributed by atoms with van der Waals surface area (Å²) in [6.45, 7) is 3.57. The molecule has 23 heavy (non-hydrogen) atoms. The molecule has 1 aliphatic heterocycles. The van der Waals surface area contributed by atoms with Crippen LogP contribution in [0.4, 0.5) is 0 Å². The predicted molar refractivity (Wildman–Crippen MR) is 89.6 cm³/mol. The van der Waals surface area contributed by atoms with Gasteiger partial charge in [0.1, 0.15) is 5.69 Å². The lowest BCUT2D eigenvalue weighted by Gasteiger charge is -2.36. The highest BCUT2D eigenvalue weighted by molar-refractivity contribution is 5.87. The number of nitrogens with one attached hydrogen (secondary N) is 2. The molecule has 6 nitrogen and oxygen atoms in total. The van der Waals surface area contributed by atoms with Gasteiger partial charge in [0.25, 0.3) is 0 Å². The highest BCUT2D eigenvalue weighted by Crippen LogP contribution is 2.23. The quantitative estimate of drug-likeness (QED) is 0.833. The Balaban J connectivity index is 0.00000192. The number of esters is 1. The predicted octanol–water partition coefficient (Wildman–Crippen LogP) is 1.76. The molecule has 7 heteroatoms. The van der Waals surface area contributed by atoms with Crippen LogP contribution in [-0.2, 0) is 11.3 Å². The van der Waals surface area contributed by atoms with E-state index in [0.717, 1.165) is 31.9 Å². The van der Waals surface area contributed by atoms with Gasteiger partial charge in [-0.3, -0.25) is 9.88 Å². The van der Waals surface area contributed by atoms with Crippen molar-refractivity contribution in [3.05, 3.63) is 53.6 Å². The van der Waals surface area contributed by atoms with E-state index in [9.17, 15) is 4.79 Å². The molecule has 0 radical (unpaired) electrons. The largest absolute Gasteiger partial charge is 0.464 e. The van der Waals surface area contributed by atoms with Crippen LogP contribution in [0.1, 0.15) is 27.8 Å². The van der Waals surface area contributed by atoms with Crippen LogP contribution < -0.4 is 5.32 Å². The number of aromatic nitrogens is 2. The van der Waals surface area contributed by atoms with Crippen LogP contribution in [0.5, 0.6) is 0 Å². The third kappa shape index (κ3) is 4.10. The minimum absolute atomic E-state index is 0. The van der Waals surface area contributed by atoms with Crippen LogP contribution in [-0.4, -0.2) is 47.6 Å². The smallest absolute Gasteiger partial charge is 0.354 e. The second-order valence-electron chi connectivity index (χ2n) is 5.37. The average Bonchev–Trinajstić information content (AvgIpc) is 3.04. The number of pyridine rings is 1. The molecule has 1 unspecified atom stereocenters. The third-order valence-corrected chi connectivity index (χ3v) is 3.95. The Labute approximate surface area is 141 Å². The highest BCUT2D eigenvalue weighted by atomic mass is 35.5. The Morgan fingerprint density at radius 3 is 3.04 bits per heavy atom. The van der Waals surface area contributed by atoms with Gasteiger partial charge in [0.05, 0.1) is 7.11 Å². The number of nitrogens with zero attached hydrogens (tertiary/aromatic N) is 2. The summed E-state index contributed by atoms with van der Waals surface area (Å²) in [4.78, 5) is 21.3. The van der Waals surface area contributed by atoms with Crippen molar-refractivity contribution in [1.82, 2.24) is 20.2 Å². The molecular formula is C16H21ClN4O2. The number of halogens is 1. The molecule has 3 rings (SSSR count). The maximum atomic E-state index is 11.5. The Bertz CT molecular complexity index is 632. The van der Waals surface area contributed by atoms with Gasteiger partial charge in [0, 0.05) is 50.3 Å². The van der Waals surface area contributed by atoms with Crippen molar-refractivity contribution in [1.29, 1.82) is 0 Å². The summed E-state index contributed by atoms with van der Waals surface area (Å²) in [5.41, 5.74) is 2.70. The monoisotopic (exact) mass is 336 g/mol. The van der Waals surface area contributed by atoms with Crippen molar-refractivity contribution in [2.24, 2.45) is 0 Å². The Morgan fingerprint density at radius 2 is 2.30 bits per heavy atom. The first kappa shape index (κ1) is 17.5. The van der Waals surface area contributed by atoms with Crippen LogP contribution in [0.3, 0.4) is 0 Å². The molecule has 2 aromatic heterocycles. The number of carbonyl (C=O) groups is 1. The standard InChI is InChI=1S/C16H20N4O2.ClH/c1-22-16(21)14-5-4-13(19-14)11-20-8-7-18-10-15(20)12-3-2-6-17-9-12;/h2-6,9,15,18-19H,7-8,10-11H2,1H3;1H. The lowest BCUT2D eigenvalue weighted by Crippen LogP contribution is -2.45. The van der Waals surface area contributed by atoms with E-state index in [-0.39, 0.29) is 24.4 Å². The summed E-state index contributed by atoms with van der Waals surface area (Å²) in [6, 6.07) is 8.06. The fraction of sp³-hybridized carbons (Fsp3) is 0.375. The first-order valence-corrected chi connectivity index (χ1v) is 7.39. The van der Waals surface area contributed by atoms with Crippen LogP contribution in [0, 0.1) is 0 Å². The number of aromatic amines is 1. The first-order valence-electron chi connectivity index (χ1n) is 7.39. The molecule has 1 fully saturated rings. The van der Waals surface area contributed by atoms with E-state index in [1.165, 1.54) is 12.7 Å². The van der Waals surface area contributed by atoms with E-state index < -0.39 is 0 Å². The van der Waals surface area contributed by atoms with Gasteiger partial charge < -0.3 is 15.0 Å². The van der Waals surface area contributed by atoms with E-state index in [1.54, 1.807) is 12.3 Å². The Morgan fingerprint density at radius 1 is 1.43 bits per heavy atom. The van der Waals surface area contributed by atoms with Gasteiger partial charge in [0.15, 0.2) is 0 Å². The topological polar surface area (TPSA) is 70.2 Å². The van der Waals surface area contributed by atoms with Crippen molar-refractivity contribution in [2.75, 3.05) is 26.7 Å². The minimum Gasteiger partial charge on any atom is -0.464 e. The molecule has 1 aliphatic rings. The summed E-state index contributed by atoms with van der Waals surface area (Å²) in [7, 11) is 1.39. The summed E-state index contributed by atoms with van der Waals surface area (Å²) < 4.78 is 4.73. The molecule has 1 atom stereocenters. The Hall–Kier alpha value is -1.89. The normalized spacial score (nSPS) is 18.2. The van der Waals surface area contributed by atoms with Gasteiger partial charge in [-0.25, -0.2) is 4.79 Å². The molecule has 2 N–H and O–H groups in total. The maximum absolute atomic E-state index is 11.5. The lowest BCUT2D eigenvalue weighted by atomic mass is 10.1. The van der Waals surface area contributed by atoms with Crippen LogP contribution in [0.25, 0.3) is 0 Å². The number of hydrogen-bond acceptors (Lipinski definition) is 5. The zero-order chi connectivity index (χ0) is 15.4. The molecule has 2 aromatic rings. The molecule has 0 amide bonds. The SMILES string of the molecule is COC(=O)c1ccc(CN2CCNCC2c2cccnc2)[nH]1.Cl. The molecule has 124 valence electrons. The van der Waals surface area contributed by atoms with Gasteiger partial charge in [-0.1, -0.05) is 6.07 Å². The molecule has 0 spiro atoms. The van der Waals surface area contributed by atoms with Gasteiger partial charge in [-0.15, -0.1) is 12.4 Å². The fourth-order valence-corrected chi connectivity index (χ4v) is 2.82. The average molecular weight is 337 g/mol. The zero-order valence-corrected chi connectivity index (χ0v) is 13.8. The Kier molecular flexibility index (Phi) is 6.15. The highest BCUT2D eigenvalue weighted by Gasteiger charge is 2.24. The lowest BCUT2D eigenvalue weighted by molar-refractivity contribution is 0.0594. The van der Waals surface area contributed by atoms with E-state index in [1.807, 2.05) is 18.3 Å². The zero-order valence-electron chi connectivity index (χ0n) is 13.0. The van der Waals surface area contributed by atoms with Crippen LogP contribution in [0.15, 0.2) is 36.7 Å². The number of carbonyl (C=O) groups excluding carboxylic acids is 1. The number of rotatable bonds is 4. The number of H-pyrrole nitrogens is 1. The second kappa shape index (κ2) is 8.10. The first-order chi connectivity index (χ1) is 10.8. The van der Waals surface area contributed by atoms with Crippen molar-refractivity contribution in [3.8, 4) is 0 Å². The van der Waals surface area contributed by atoms with Crippen molar-refractivity contribution in [3.63, 3.8) is 0 Å². The third-order valence-electron chi connectivity index (χ3n) is 3.95. The number of piperazine rings is 1. The van der Waals surface area contributed by atoms with Gasteiger partial charge in [-0.2, -0.15) is 0 Å². The second-order valence-corrected chi connectivity index (χ2v) is 5.37. The number of methoxy groups -OCH3 is 1. The molecule has 0 aliphatic carbocycles. The summed E-state index contributed by atoms with van der Waals surface area (Å²) in [5.74, 6) is -0.338. The molecule has 0 saturated carbocycles. The van der Waals surface area contributed by atoms with Crippen LogP contribution in [0.2, 0.25) is 0 Å². The summed E-state index contributed by atoms with van der Waals surface area (Å²) in [5, 5.41) is 3.43. The van der Waals surface area contributed by atoms with Crippen LogP contribution >= 0.6 is 12.4 Å².